The molecule has 0 aromatic heterocycles. The first-order valence-electron chi connectivity index (χ1n) is 10.3. The third kappa shape index (κ3) is 5.17. The number of anilines is 1. The van der Waals surface area contributed by atoms with Gasteiger partial charge in [0.25, 0.3) is 0 Å². The summed E-state index contributed by atoms with van der Waals surface area (Å²) in [5, 5.41) is 2.70. The Labute approximate surface area is 191 Å². The van der Waals surface area contributed by atoms with Crippen LogP contribution in [0, 0.1) is 0 Å². The van der Waals surface area contributed by atoms with E-state index in [1.165, 1.54) is 18.2 Å². The molecule has 170 valence electrons. The fourth-order valence-corrected chi connectivity index (χ4v) is 3.76. The molecule has 0 saturated carbocycles. The van der Waals surface area contributed by atoms with Gasteiger partial charge < -0.3 is 10.1 Å². The van der Waals surface area contributed by atoms with Crippen LogP contribution in [0.4, 0.5) is 18.9 Å². The summed E-state index contributed by atoms with van der Waals surface area (Å²) in [5.41, 5.74) is -0.735. The van der Waals surface area contributed by atoms with Crippen molar-refractivity contribution < 1.29 is 22.7 Å². The lowest BCUT2D eigenvalue weighted by Crippen LogP contribution is -2.41. The highest BCUT2D eigenvalue weighted by molar-refractivity contribution is 6.02. The van der Waals surface area contributed by atoms with Gasteiger partial charge in [0.2, 0.25) is 5.91 Å². The minimum atomic E-state index is -4.66. The Kier molecular flexibility index (Phi) is 7.38. The third-order valence-electron chi connectivity index (χ3n) is 5.27. The summed E-state index contributed by atoms with van der Waals surface area (Å²) in [6.45, 7) is 7.20. The Morgan fingerprint density at radius 3 is 1.94 bits per heavy atom. The lowest BCUT2D eigenvalue weighted by molar-refractivity contribution is -0.138. The highest BCUT2D eigenvalue weighted by Gasteiger charge is 2.41. The van der Waals surface area contributed by atoms with E-state index in [2.05, 4.69) is 18.5 Å². The zero-order valence-electron chi connectivity index (χ0n) is 17.9. The molecule has 3 aromatic rings. The summed E-state index contributed by atoms with van der Waals surface area (Å²) in [7, 11) is 0. The van der Waals surface area contributed by atoms with E-state index in [0.717, 1.165) is 6.07 Å². The average molecular weight is 451 g/mol. The molecule has 0 bridgehead atoms. The van der Waals surface area contributed by atoms with Crippen molar-refractivity contribution in [2.24, 2.45) is 0 Å². The van der Waals surface area contributed by atoms with Gasteiger partial charge in [0.1, 0.15) is 17.8 Å². The highest BCUT2D eigenvalue weighted by Crippen LogP contribution is 2.40. The van der Waals surface area contributed by atoms with Crippen LogP contribution in [0.2, 0.25) is 0 Å². The van der Waals surface area contributed by atoms with Gasteiger partial charge in [-0.1, -0.05) is 79.4 Å². The number of hydrogen-bond acceptors (Lipinski definition) is 2. The van der Waals surface area contributed by atoms with Crippen LogP contribution in [0.3, 0.4) is 0 Å². The second-order valence-corrected chi connectivity index (χ2v) is 7.39. The van der Waals surface area contributed by atoms with Crippen molar-refractivity contribution in [3.05, 3.63) is 121 Å². The first kappa shape index (κ1) is 23.9. The Morgan fingerprint density at radius 1 is 0.879 bits per heavy atom. The molecule has 0 aliphatic rings. The summed E-state index contributed by atoms with van der Waals surface area (Å²) in [6, 6.07) is 21.7. The molecule has 0 saturated heterocycles. The fourth-order valence-electron chi connectivity index (χ4n) is 3.76. The van der Waals surface area contributed by atoms with Crippen molar-refractivity contribution in [3.8, 4) is 5.75 Å². The predicted octanol–water partition coefficient (Wildman–Crippen LogP) is 6.77. The molecular weight excluding hydrogens is 427 g/mol. The number of amides is 1. The molecule has 3 aromatic carbocycles. The number of alkyl halides is 3. The Bertz CT molecular complexity index is 1070. The number of benzene rings is 3. The van der Waals surface area contributed by atoms with E-state index in [1.807, 2.05) is 60.7 Å². The minimum Gasteiger partial charge on any atom is -0.489 e. The Balaban J connectivity index is 2.08. The van der Waals surface area contributed by atoms with Gasteiger partial charge in [-0.15, -0.1) is 6.58 Å². The molecule has 0 aliphatic heterocycles. The molecule has 1 N–H and O–H groups in total. The molecule has 3 rings (SSSR count). The first-order chi connectivity index (χ1) is 15.8. The molecule has 0 aliphatic carbocycles. The second-order valence-electron chi connectivity index (χ2n) is 7.39. The molecule has 0 fully saturated rings. The zero-order valence-corrected chi connectivity index (χ0v) is 17.9. The quantitative estimate of drug-likeness (QED) is 0.365. The molecule has 0 spiro atoms. The largest absolute Gasteiger partial charge is 0.489 e. The van der Waals surface area contributed by atoms with Crippen molar-refractivity contribution in [1.29, 1.82) is 0 Å². The smallest absolute Gasteiger partial charge is 0.420 e. The average Bonchev–Trinajstić information content (AvgIpc) is 2.82. The van der Waals surface area contributed by atoms with Crippen LogP contribution in [0.15, 0.2) is 104 Å². The highest BCUT2D eigenvalue weighted by atomic mass is 19.4. The molecular formula is C27H24F3NO2. The molecule has 1 amide bonds. The van der Waals surface area contributed by atoms with Crippen LogP contribution in [-0.2, 0) is 16.4 Å². The maximum Gasteiger partial charge on any atom is 0.420 e. The fraction of sp³-hybridized carbons (Fsp3) is 0.148. The van der Waals surface area contributed by atoms with Crippen LogP contribution in [0.25, 0.3) is 0 Å². The maximum atomic E-state index is 13.8. The number of carbonyl (C=O) groups excluding carboxylic acids is 1. The van der Waals surface area contributed by atoms with Gasteiger partial charge >= 0.3 is 6.18 Å². The van der Waals surface area contributed by atoms with Crippen LogP contribution < -0.4 is 10.1 Å². The van der Waals surface area contributed by atoms with Gasteiger partial charge in [0.15, 0.2) is 0 Å². The van der Waals surface area contributed by atoms with E-state index >= 15 is 0 Å². The maximum absolute atomic E-state index is 13.8. The number of ether oxygens (including phenoxy) is 1. The number of hydrogen-bond donors (Lipinski definition) is 1. The third-order valence-corrected chi connectivity index (χ3v) is 5.27. The minimum absolute atomic E-state index is 0.0126. The van der Waals surface area contributed by atoms with E-state index in [9.17, 15) is 18.0 Å². The monoisotopic (exact) mass is 451 g/mol. The number of halogens is 3. The summed E-state index contributed by atoms with van der Waals surface area (Å²) in [6.07, 6.45) is -1.42. The number of allylic oxidation sites excluding steroid dienone is 1. The Morgan fingerprint density at radius 2 is 1.45 bits per heavy atom. The standard InChI is InChI=1S/C27H24F3NO2/c1-3-17-26(20-11-7-5-8-12-20,21-13-9-6-10-14-21)25(32)31-22-15-16-24(33-18-4-2)23(19-22)27(28,29)30/h3-16,19H,1-2,17-18H2,(H,31,32). The SMILES string of the molecule is C=CCOc1ccc(NC(=O)C(CC=C)(c2ccccc2)c2ccccc2)cc1C(F)(F)F. The van der Waals surface area contributed by atoms with Crippen molar-refractivity contribution in [2.75, 3.05) is 11.9 Å². The summed E-state index contributed by atoms with van der Waals surface area (Å²) >= 11 is 0. The van der Waals surface area contributed by atoms with Crippen molar-refractivity contribution in [2.45, 2.75) is 18.0 Å². The van der Waals surface area contributed by atoms with E-state index < -0.39 is 23.1 Å². The van der Waals surface area contributed by atoms with Crippen LogP contribution in [0.1, 0.15) is 23.1 Å². The topological polar surface area (TPSA) is 38.3 Å². The lowest BCUT2D eigenvalue weighted by Gasteiger charge is -2.33. The van der Waals surface area contributed by atoms with Gasteiger partial charge in [0, 0.05) is 5.69 Å². The molecule has 0 unspecified atom stereocenters. The van der Waals surface area contributed by atoms with Crippen molar-refractivity contribution >= 4 is 11.6 Å². The number of rotatable bonds is 9. The first-order valence-corrected chi connectivity index (χ1v) is 10.3. The molecule has 0 heterocycles. The molecule has 33 heavy (non-hydrogen) atoms. The van der Waals surface area contributed by atoms with Gasteiger partial charge in [0.05, 0.1) is 5.56 Å². The van der Waals surface area contributed by atoms with Gasteiger partial charge in [-0.25, -0.2) is 0 Å². The second kappa shape index (κ2) is 10.2. The molecule has 3 nitrogen and oxygen atoms in total. The van der Waals surface area contributed by atoms with E-state index in [-0.39, 0.29) is 24.5 Å². The van der Waals surface area contributed by atoms with E-state index in [0.29, 0.717) is 11.1 Å². The van der Waals surface area contributed by atoms with Crippen molar-refractivity contribution in [1.82, 2.24) is 0 Å². The predicted molar refractivity (Wildman–Crippen MR) is 124 cm³/mol. The molecule has 0 radical (unpaired) electrons. The van der Waals surface area contributed by atoms with E-state index in [1.54, 1.807) is 6.08 Å². The molecule has 0 atom stereocenters. The van der Waals surface area contributed by atoms with Crippen molar-refractivity contribution in [3.63, 3.8) is 0 Å². The summed E-state index contributed by atoms with van der Waals surface area (Å²) in [4.78, 5) is 13.8. The van der Waals surface area contributed by atoms with Gasteiger partial charge in [-0.05, 0) is 35.7 Å². The van der Waals surface area contributed by atoms with Crippen LogP contribution >= 0.6 is 0 Å². The van der Waals surface area contributed by atoms with Crippen LogP contribution in [-0.4, -0.2) is 12.5 Å². The number of carbonyl (C=O) groups is 1. The van der Waals surface area contributed by atoms with Gasteiger partial charge in [-0.3, -0.25) is 4.79 Å². The molecule has 6 heteroatoms. The zero-order chi connectivity index (χ0) is 23.9. The van der Waals surface area contributed by atoms with Gasteiger partial charge in [-0.2, -0.15) is 13.2 Å². The summed E-state index contributed by atoms with van der Waals surface area (Å²) < 4.78 is 46.1. The van der Waals surface area contributed by atoms with Crippen LogP contribution in [0.5, 0.6) is 5.75 Å². The summed E-state index contributed by atoms with van der Waals surface area (Å²) in [5.74, 6) is -0.795. The Hall–Kier alpha value is -3.80. The van der Waals surface area contributed by atoms with E-state index in [4.69, 9.17) is 4.74 Å². The number of nitrogens with one attached hydrogen (secondary N) is 1. The lowest BCUT2D eigenvalue weighted by atomic mass is 9.71. The normalized spacial score (nSPS) is 11.5.